The third kappa shape index (κ3) is 2.95. The summed E-state index contributed by atoms with van der Waals surface area (Å²) in [6.45, 7) is 2.55. The minimum Gasteiger partial charge on any atom is -0.368 e. The largest absolute Gasteiger partial charge is 0.368 e. The monoisotopic (exact) mass is 366 g/mol. The second kappa shape index (κ2) is 6.50. The second-order valence-electron chi connectivity index (χ2n) is 6.78. The van der Waals surface area contributed by atoms with Crippen molar-refractivity contribution < 1.29 is 14.0 Å². The van der Waals surface area contributed by atoms with Crippen molar-refractivity contribution in [3.05, 3.63) is 59.4 Å². The van der Waals surface area contributed by atoms with Gasteiger partial charge in [-0.25, -0.2) is 4.39 Å². The molecule has 6 nitrogen and oxygen atoms in total. The van der Waals surface area contributed by atoms with Crippen LogP contribution in [-0.4, -0.2) is 30.1 Å². The zero-order chi connectivity index (χ0) is 19.1. The molecule has 1 atom stereocenters. The van der Waals surface area contributed by atoms with Gasteiger partial charge in [-0.2, -0.15) is 5.10 Å². The van der Waals surface area contributed by atoms with Crippen LogP contribution < -0.4 is 15.6 Å². The second-order valence-corrected chi connectivity index (χ2v) is 6.78. The zero-order valence-electron chi connectivity index (χ0n) is 14.9. The maximum Gasteiger partial charge on any atom is 0.274 e. The van der Waals surface area contributed by atoms with Crippen LogP contribution in [0, 0.1) is 12.7 Å². The number of benzene rings is 2. The van der Waals surface area contributed by atoms with Crippen molar-refractivity contribution in [2.75, 3.05) is 16.5 Å². The Morgan fingerprint density at radius 3 is 2.63 bits per heavy atom. The molecule has 0 radical (unpaired) electrons. The van der Waals surface area contributed by atoms with E-state index in [2.05, 4.69) is 5.10 Å². The minimum atomic E-state index is -0.770. The van der Waals surface area contributed by atoms with Crippen LogP contribution in [0.5, 0.6) is 0 Å². The van der Waals surface area contributed by atoms with E-state index in [9.17, 15) is 14.0 Å². The van der Waals surface area contributed by atoms with Crippen LogP contribution in [0.3, 0.4) is 0 Å². The fraction of sp³-hybridized carbons (Fsp3) is 0.250. The molecule has 0 fully saturated rings. The fourth-order valence-electron chi connectivity index (χ4n) is 3.70. The third-order valence-electron chi connectivity index (χ3n) is 5.02. The Morgan fingerprint density at radius 2 is 1.93 bits per heavy atom. The number of nitrogens with zero attached hydrogens (tertiary/aromatic N) is 3. The number of nitrogens with two attached hydrogens (primary N) is 1. The van der Waals surface area contributed by atoms with Gasteiger partial charge >= 0.3 is 0 Å². The molecule has 2 heterocycles. The molecule has 2 amide bonds. The van der Waals surface area contributed by atoms with Crippen LogP contribution in [-0.2, 0) is 16.0 Å². The molecule has 4 rings (SSSR count). The first-order chi connectivity index (χ1) is 13.0. The number of hydrogen-bond donors (Lipinski definition) is 1. The van der Waals surface area contributed by atoms with Gasteiger partial charge in [-0.3, -0.25) is 14.6 Å². The normalized spacial score (nSPS) is 18.4. The van der Waals surface area contributed by atoms with Gasteiger partial charge in [-0.1, -0.05) is 18.2 Å². The summed E-state index contributed by atoms with van der Waals surface area (Å²) in [6, 6.07) is 10.8. The Hall–Kier alpha value is -3.22. The van der Waals surface area contributed by atoms with Crippen LogP contribution >= 0.6 is 0 Å². The molecule has 0 aromatic heterocycles. The first kappa shape index (κ1) is 17.2. The molecule has 2 aromatic rings. The van der Waals surface area contributed by atoms with E-state index in [1.54, 1.807) is 4.90 Å². The molecule has 2 N–H and O–H groups in total. The highest BCUT2D eigenvalue weighted by Gasteiger charge is 2.38. The lowest BCUT2D eigenvalue weighted by Crippen LogP contribution is -2.40. The number of carbonyl (C=O) groups excluding carboxylic acids is 2. The minimum absolute atomic E-state index is 0.128. The quantitative estimate of drug-likeness (QED) is 0.904. The first-order valence-electron chi connectivity index (χ1n) is 8.77. The van der Waals surface area contributed by atoms with Crippen molar-refractivity contribution in [1.29, 1.82) is 0 Å². The van der Waals surface area contributed by atoms with Gasteiger partial charge in [-0.05, 0) is 48.7 Å². The molecule has 2 aliphatic heterocycles. The molecule has 2 aliphatic rings. The van der Waals surface area contributed by atoms with E-state index in [0.29, 0.717) is 12.2 Å². The standard InChI is InChI=1S/C20H19FN4O2/c1-12-3-2-4-13-9-10-24(18(12)13)20(27)16-11-17(19(22)26)25(23-16)15-7-5-14(21)6-8-15/h2-8,17H,9-11H2,1H3,(H2,22,26). The summed E-state index contributed by atoms with van der Waals surface area (Å²) in [4.78, 5) is 26.7. The molecular formula is C20H19FN4O2. The molecule has 0 saturated heterocycles. The number of para-hydroxylation sites is 1. The Labute approximate surface area is 156 Å². The maximum absolute atomic E-state index is 13.2. The van der Waals surface area contributed by atoms with E-state index >= 15 is 0 Å². The Morgan fingerprint density at radius 1 is 1.19 bits per heavy atom. The van der Waals surface area contributed by atoms with Gasteiger partial charge in [0.05, 0.1) is 11.4 Å². The summed E-state index contributed by atoms with van der Waals surface area (Å²) < 4.78 is 13.2. The van der Waals surface area contributed by atoms with E-state index in [1.165, 1.54) is 29.3 Å². The van der Waals surface area contributed by atoms with Crippen molar-refractivity contribution in [2.45, 2.75) is 25.8 Å². The molecule has 0 spiro atoms. The van der Waals surface area contributed by atoms with Crippen LogP contribution in [0.25, 0.3) is 0 Å². The van der Waals surface area contributed by atoms with Crippen molar-refractivity contribution in [3.8, 4) is 0 Å². The highest BCUT2D eigenvalue weighted by Crippen LogP contribution is 2.33. The number of fused-ring (bicyclic) bond motifs is 1. The van der Waals surface area contributed by atoms with Gasteiger partial charge in [-0.15, -0.1) is 0 Å². The van der Waals surface area contributed by atoms with Crippen molar-refractivity contribution in [1.82, 2.24) is 0 Å². The number of rotatable bonds is 3. The number of anilines is 2. The van der Waals surface area contributed by atoms with E-state index in [0.717, 1.165) is 23.2 Å². The van der Waals surface area contributed by atoms with Gasteiger partial charge < -0.3 is 10.6 Å². The molecule has 138 valence electrons. The lowest BCUT2D eigenvalue weighted by molar-refractivity contribution is -0.119. The molecule has 0 aliphatic carbocycles. The summed E-state index contributed by atoms with van der Waals surface area (Å²) in [5.41, 5.74) is 9.38. The Balaban J connectivity index is 1.66. The fourth-order valence-corrected chi connectivity index (χ4v) is 3.70. The average molecular weight is 366 g/mol. The van der Waals surface area contributed by atoms with Gasteiger partial charge in [0.1, 0.15) is 17.6 Å². The highest BCUT2D eigenvalue weighted by atomic mass is 19.1. The summed E-state index contributed by atoms with van der Waals surface area (Å²) in [5.74, 6) is -1.19. The third-order valence-corrected chi connectivity index (χ3v) is 5.02. The summed E-state index contributed by atoms with van der Waals surface area (Å²) in [5, 5.41) is 5.78. The van der Waals surface area contributed by atoms with E-state index in [4.69, 9.17) is 5.73 Å². The summed E-state index contributed by atoms with van der Waals surface area (Å²) in [6.07, 6.45) is 0.917. The van der Waals surface area contributed by atoms with E-state index < -0.39 is 17.8 Å². The number of aryl methyl sites for hydroxylation is 1. The average Bonchev–Trinajstić information content (AvgIpc) is 3.27. The van der Waals surface area contributed by atoms with E-state index in [1.807, 2.05) is 25.1 Å². The van der Waals surface area contributed by atoms with Crippen molar-refractivity contribution in [3.63, 3.8) is 0 Å². The van der Waals surface area contributed by atoms with Crippen molar-refractivity contribution >= 4 is 28.9 Å². The Kier molecular flexibility index (Phi) is 4.14. The molecule has 0 saturated carbocycles. The molecule has 7 heteroatoms. The van der Waals surface area contributed by atoms with E-state index in [-0.39, 0.29) is 18.0 Å². The summed E-state index contributed by atoms with van der Waals surface area (Å²) in [7, 11) is 0. The zero-order valence-corrected chi connectivity index (χ0v) is 14.9. The van der Waals surface area contributed by atoms with Gasteiger partial charge in [0.25, 0.3) is 5.91 Å². The topological polar surface area (TPSA) is 79.0 Å². The summed E-state index contributed by atoms with van der Waals surface area (Å²) >= 11 is 0. The number of hydrazone groups is 1. The van der Waals surface area contributed by atoms with Crippen LogP contribution in [0.4, 0.5) is 15.8 Å². The first-order valence-corrected chi connectivity index (χ1v) is 8.77. The highest BCUT2D eigenvalue weighted by molar-refractivity contribution is 6.45. The van der Waals surface area contributed by atoms with Crippen LogP contribution in [0.15, 0.2) is 47.6 Å². The van der Waals surface area contributed by atoms with Crippen LogP contribution in [0.2, 0.25) is 0 Å². The van der Waals surface area contributed by atoms with Gasteiger partial charge in [0.15, 0.2) is 0 Å². The van der Waals surface area contributed by atoms with Crippen LogP contribution in [0.1, 0.15) is 17.5 Å². The molecule has 1 unspecified atom stereocenters. The molecular weight excluding hydrogens is 347 g/mol. The lowest BCUT2D eigenvalue weighted by atomic mass is 10.1. The van der Waals surface area contributed by atoms with Gasteiger partial charge in [0.2, 0.25) is 5.91 Å². The molecule has 0 bridgehead atoms. The predicted molar refractivity (Wildman–Crippen MR) is 101 cm³/mol. The number of primary amides is 1. The lowest BCUT2D eigenvalue weighted by Gasteiger charge is -2.20. The number of amides is 2. The SMILES string of the molecule is Cc1cccc2c1N(C(=O)C1=NN(c3ccc(F)cc3)C(C(N)=O)C1)CC2. The van der Waals surface area contributed by atoms with Gasteiger partial charge in [0, 0.05) is 13.0 Å². The smallest absolute Gasteiger partial charge is 0.274 e. The predicted octanol–water partition coefficient (Wildman–Crippen LogP) is 2.14. The molecule has 2 aromatic carbocycles. The number of carbonyl (C=O) groups is 2. The maximum atomic E-state index is 13.2. The number of hydrogen-bond acceptors (Lipinski definition) is 4. The Bertz CT molecular complexity index is 955. The molecule has 27 heavy (non-hydrogen) atoms. The number of halogens is 1. The van der Waals surface area contributed by atoms with Crippen molar-refractivity contribution in [2.24, 2.45) is 10.8 Å².